The fourth-order valence-corrected chi connectivity index (χ4v) is 9.02. The molecule has 6 nitrogen and oxygen atoms in total. The number of amides is 2. The molecule has 1 saturated heterocycles. The molecule has 33 heavy (non-hydrogen) atoms. The number of ether oxygens (including phenoxy) is 2. The van der Waals surface area contributed by atoms with E-state index >= 15 is 0 Å². The van der Waals surface area contributed by atoms with Crippen LogP contribution in [0.25, 0.3) is 0 Å². The molecule has 6 bridgehead atoms. The number of hydrogen-bond donors (Lipinski definition) is 1. The highest BCUT2D eigenvalue weighted by Crippen LogP contribution is 2.62. The molecule has 6 fully saturated rings. The Balaban J connectivity index is 1.47. The molecule has 1 heterocycles. The zero-order chi connectivity index (χ0) is 23.7. The number of nitrogens with one attached hydrogen (secondary N) is 1. The second kappa shape index (κ2) is 8.13. The number of carbonyl (C=O) groups excluding carboxylic acids is 2. The van der Waals surface area contributed by atoms with Crippen molar-refractivity contribution >= 4 is 12.0 Å². The minimum absolute atomic E-state index is 0.00904. The first-order chi connectivity index (χ1) is 15.5. The van der Waals surface area contributed by atoms with Crippen LogP contribution in [-0.4, -0.2) is 53.8 Å². The minimum atomic E-state index is -0.589. The van der Waals surface area contributed by atoms with Crippen LogP contribution in [0, 0.1) is 35.0 Å². The van der Waals surface area contributed by atoms with Crippen LogP contribution in [0.3, 0.4) is 0 Å². The number of fused-ring (bicyclic) bond motifs is 2. The molecule has 186 valence electrons. The Labute approximate surface area is 199 Å². The van der Waals surface area contributed by atoms with Crippen LogP contribution in [0.1, 0.15) is 86.0 Å². The van der Waals surface area contributed by atoms with E-state index in [1.165, 1.54) is 19.3 Å². The van der Waals surface area contributed by atoms with Crippen molar-refractivity contribution in [2.45, 2.75) is 116 Å². The molecule has 0 aromatic heterocycles. The topological polar surface area (TPSA) is 67.9 Å². The normalized spacial score (nSPS) is 43.0. The Morgan fingerprint density at radius 1 is 1.00 bits per heavy atom. The van der Waals surface area contributed by atoms with E-state index in [1.54, 1.807) is 7.11 Å². The Bertz CT molecular complexity index is 754. The molecule has 6 rings (SSSR count). The number of rotatable bonds is 5. The van der Waals surface area contributed by atoms with Crippen molar-refractivity contribution in [3.05, 3.63) is 0 Å². The van der Waals surface area contributed by atoms with Crippen molar-refractivity contribution in [3.8, 4) is 0 Å². The monoisotopic (exact) mass is 460 g/mol. The molecule has 6 heteroatoms. The van der Waals surface area contributed by atoms with Gasteiger partial charge < -0.3 is 19.7 Å². The number of piperidine rings is 1. The second-order valence-corrected chi connectivity index (χ2v) is 13.3. The van der Waals surface area contributed by atoms with Gasteiger partial charge in [0.15, 0.2) is 0 Å². The molecule has 0 aromatic rings. The van der Waals surface area contributed by atoms with Gasteiger partial charge >= 0.3 is 6.09 Å². The third-order valence-electron chi connectivity index (χ3n) is 9.79. The molecule has 0 spiro atoms. The van der Waals surface area contributed by atoms with Gasteiger partial charge in [-0.1, -0.05) is 6.92 Å². The van der Waals surface area contributed by atoms with Gasteiger partial charge in [0.1, 0.15) is 11.6 Å². The summed E-state index contributed by atoms with van der Waals surface area (Å²) >= 11 is 0. The third kappa shape index (κ3) is 4.08. The molecule has 0 radical (unpaired) electrons. The smallest absolute Gasteiger partial charge is 0.408 e. The first-order valence-electron chi connectivity index (χ1n) is 13.3. The van der Waals surface area contributed by atoms with Gasteiger partial charge in [0.05, 0.1) is 12.1 Å². The van der Waals surface area contributed by atoms with Crippen LogP contribution in [-0.2, 0) is 14.3 Å². The Morgan fingerprint density at radius 2 is 1.58 bits per heavy atom. The van der Waals surface area contributed by atoms with Gasteiger partial charge in [0.25, 0.3) is 0 Å². The summed E-state index contributed by atoms with van der Waals surface area (Å²) in [6.45, 7) is 10.1. The predicted molar refractivity (Wildman–Crippen MR) is 127 cm³/mol. The average Bonchev–Trinajstić information content (AvgIpc) is 3.25. The summed E-state index contributed by atoms with van der Waals surface area (Å²) in [5.41, 5.74) is -0.717. The van der Waals surface area contributed by atoms with Crippen molar-refractivity contribution in [2.75, 3.05) is 7.11 Å². The number of methoxy groups -OCH3 is 1. The minimum Gasteiger partial charge on any atom is -0.444 e. The highest BCUT2D eigenvalue weighted by molar-refractivity contribution is 5.88. The van der Waals surface area contributed by atoms with Crippen LogP contribution < -0.4 is 5.32 Å². The summed E-state index contributed by atoms with van der Waals surface area (Å²) in [4.78, 5) is 29.7. The molecular weight excluding hydrogens is 416 g/mol. The molecular formula is C27H44N2O4. The number of carbonyl (C=O) groups is 2. The summed E-state index contributed by atoms with van der Waals surface area (Å²) in [6, 6.07) is -0.146. The summed E-state index contributed by atoms with van der Waals surface area (Å²) in [5.74, 6) is 3.32. The van der Waals surface area contributed by atoms with Gasteiger partial charge in [0.2, 0.25) is 5.91 Å². The van der Waals surface area contributed by atoms with E-state index in [0.717, 1.165) is 32.1 Å². The lowest BCUT2D eigenvalue weighted by atomic mass is 9.47. The molecule has 6 atom stereocenters. The molecule has 5 aliphatic carbocycles. The van der Waals surface area contributed by atoms with E-state index in [2.05, 4.69) is 24.1 Å². The summed E-state index contributed by atoms with van der Waals surface area (Å²) in [6.07, 6.45) is 8.77. The zero-order valence-electron chi connectivity index (χ0n) is 21.4. The van der Waals surface area contributed by atoms with Gasteiger partial charge in [-0.3, -0.25) is 4.79 Å². The highest BCUT2D eigenvalue weighted by Gasteiger charge is 2.60. The summed E-state index contributed by atoms with van der Waals surface area (Å²) in [5, 5.41) is 3.16. The first-order valence-corrected chi connectivity index (χ1v) is 13.3. The molecule has 0 aromatic carbocycles. The van der Waals surface area contributed by atoms with E-state index in [-0.39, 0.29) is 29.5 Å². The molecule has 2 unspecified atom stereocenters. The number of likely N-dealkylation sites (tertiary alicyclic amines) is 1. The SMILES string of the molecule is CO[C@@H](C)C1[C@@H]2C[C@@H](CC2C)N1C(=O)[C@@H](NC(=O)OC(C)(C)C)C12CC3CC(CC(C3)C1)C2. The van der Waals surface area contributed by atoms with Crippen molar-refractivity contribution in [2.24, 2.45) is 35.0 Å². The Hall–Kier alpha value is -1.30. The maximum Gasteiger partial charge on any atom is 0.408 e. The lowest BCUT2D eigenvalue weighted by Gasteiger charge is -2.59. The van der Waals surface area contributed by atoms with Gasteiger partial charge in [-0.05, 0) is 109 Å². The lowest BCUT2D eigenvalue weighted by Crippen LogP contribution is -2.65. The first kappa shape index (κ1) is 23.4. The zero-order valence-corrected chi connectivity index (χ0v) is 21.4. The summed E-state index contributed by atoms with van der Waals surface area (Å²) < 4.78 is 11.5. The Kier molecular flexibility index (Phi) is 5.78. The second-order valence-electron chi connectivity index (χ2n) is 13.3. The van der Waals surface area contributed by atoms with Crippen molar-refractivity contribution in [1.29, 1.82) is 0 Å². The molecule has 6 aliphatic rings. The van der Waals surface area contributed by atoms with E-state index in [1.807, 2.05) is 20.8 Å². The Morgan fingerprint density at radius 3 is 2.09 bits per heavy atom. The quantitative estimate of drug-likeness (QED) is 0.642. The number of hydrogen-bond acceptors (Lipinski definition) is 4. The van der Waals surface area contributed by atoms with Crippen molar-refractivity contribution in [1.82, 2.24) is 10.2 Å². The van der Waals surface area contributed by atoms with Crippen LogP contribution in [0.15, 0.2) is 0 Å². The van der Waals surface area contributed by atoms with Gasteiger partial charge in [-0.25, -0.2) is 4.79 Å². The number of nitrogens with zero attached hydrogens (tertiary/aromatic N) is 1. The van der Waals surface area contributed by atoms with E-state index in [4.69, 9.17) is 9.47 Å². The maximum absolute atomic E-state index is 14.5. The largest absolute Gasteiger partial charge is 0.444 e. The fourth-order valence-electron chi connectivity index (χ4n) is 9.02. The van der Waals surface area contributed by atoms with Crippen LogP contribution in [0.5, 0.6) is 0 Å². The molecule has 2 amide bonds. The highest BCUT2D eigenvalue weighted by atomic mass is 16.6. The molecule has 1 N–H and O–H groups in total. The van der Waals surface area contributed by atoms with Crippen LogP contribution in [0.4, 0.5) is 4.79 Å². The van der Waals surface area contributed by atoms with Gasteiger partial charge in [-0.15, -0.1) is 0 Å². The predicted octanol–water partition coefficient (Wildman–Crippen LogP) is 4.76. The van der Waals surface area contributed by atoms with Gasteiger partial charge in [0, 0.05) is 18.6 Å². The molecule has 5 saturated carbocycles. The van der Waals surface area contributed by atoms with Crippen molar-refractivity contribution in [3.63, 3.8) is 0 Å². The number of alkyl carbamates (subject to hydrolysis) is 1. The van der Waals surface area contributed by atoms with E-state index < -0.39 is 17.7 Å². The van der Waals surface area contributed by atoms with Crippen molar-refractivity contribution < 1.29 is 19.1 Å². The van der Waals surface area contributed by atoms with Gasteiger partial charge in [-0.2, -0.15) is 0 Å². The fraction of sp³-hybridized carbons (Fsp3) is 0.926. The van der Waals surface area contributed by atoms with Crippen LogP contribution >= 0.6 is 0 Å². The molecule has 1 aliphatic heterocycles. The summed E-state index contributed by atoms with van der Waals surface area (Å²) in [7, 11) is 1.75. The maximum atomic E-state index is 14.5. The van der Waals surface area contributed by atoms with Crippen LogP contribution in [0.2, 0.25) is 0 Å². The lowest BCUT2D eigenvalue weighted by molar-refractivity contribution is -0.153. The standard InChI is InChI=1S/C27H44N2O4/c1-15-7-20-11-21(15)22(16(2)32-6)29(20)24(30)23(28-25(31)33-26(3,4)5)27-12-17-8-18(13-27)10-19(9-17)14-27/h15-23H,7-14H2,1-6H3,(H,28,31)/t15?,16-,17?,18?,19?,20+,21+,22?,23+,27?/m0/s1. The third-order valence-corrected chi connectivity index (χ3v) is 9.79. The average molecular weight is 461 g/mol. The van der Waals surface area contributed by atoms with E-state index in [9.17, 15) is 9.59 Å². The van der Waals surface area contributed by atoms with E-state index in [0.29, 0.717) is 29.6 Å².